The molecule has 2 aromatic carbocycles. The Bertz CT molecular complexity index is 818. The van der Waals surface area contributed by atoms with E-state index in [-0.39, 0.29) is 0 Å². The van der Waals surface area contributed by atoms with E-state index >= 15 is 0 Å². The van der Waals surface area contributed by atoms with Crippen molar-refractivity contribution in [1.82, 2.24) is 5.32 Å². The molecule has 4 nitrogen and oxygen atoms in total. The molecule has 0 saturated heterocycles. The Morgan fingerprint density at radius 1 is 1.08 bits per heavy atom. The van der Waals surface area contributed by atoms with E-state index in [1.54, 1.807) is 31.2 Å². The third-order valence-corrected chi connectivity index (χ3v) is 4.59. The first-order valence-electron chi connectivity index (χ1n) is 7.41. The van der Waals surface area contributed by atoms with E-state index in [4.69, 9.17) is 11.6 Å². The zero-order valence-corrected chi connectivity index (χ0v) is 15.1. The molecule has 26 heavy (non-hydrogen) atoms. The molecule has 0 saturated carbocycles. The van der Waals surface area contributed by atoms with Crippen molar-refractivity contribution < 1.29 is 22.8 Å². The number of halogens is 4. The number of rotatable bonds is 6. The second-order valence-electron chi connectivity index (χ2n) is 5.20. The quantitative estimate of drug-likeness (QED) is 0.567. The summed E-state index contributed by atoms with van der Waals surface area (Å²) in [4.78, 5) is 24.6. The predicted molar refractivity (Wildman–Crippen MR) is 94.7 cm³/mol. The van der Waals surface area contributed by atoms with Gasteiger partial charge in [0.05, 0.1) is 17.5 Å². The number of nitrogens with one attached hydrogen (secondary N) is 2. The molecule has 0 aliphatic rings. The number of hydrogen-bond donors (Lipinski definition) is 2. The fraction of sp³-hybridized carbons (Fsp3) is 0.176. The first kappa shape index (κ1) is 20.1. The van der Waals surface area contributed by atoms with Gasteiger partial charge in [-0.1, -0.05) is 11.6 Å². The summed E-state index contributed by atoms with van der Waals surface area (Å²) in [5.74, 6) is -5.73. The largest absolute Gasteiger partial charge is 0.346 e. The SMILES string of the molecule is CC(Sc1ccc(Cl)cc1)C(=O)NCC(=O)Nc1ccc(F)c(F)c1F. The van der Waals surface area contributed by atoms with Crippen LogP contribution < -0.4 is 10.6 Å². The first-order valence-corrected chi connectivity index (χ1v) is 8.67. The number of thioether (sulfide) groups is 1. The maximum absolute atomic E-state index is 13.5. The molecular weight excluding hydrogens is 389 g/mol. The highest BCUT2D eigenvalue weighted by Gasteiger charge is 2.17. The van der Waals surface area contributed by atoms with Crippen LogP contribution in [0.4, 0.5) is 18.9 Å². The van der Waals surface area contributed by atoms with Crippen molar-refractivity contribution in [2.75, 3.05) is 11.9 Å². The van der Waals surface area contributed by atoms with E-state index in [0.29, 0.717) is 11.1 Å². The summed E-state index contributed by atoms with van der Waals surface area (Å²) in [6.45, 7) is 1.21. The van der Waals surface area contributed by atoms with Gasteiger partial charge in [-0.3, -0.25) is 9.59 Å². The number of amides is 2. The molecule has 2 N–H and O–H groups in total. The Labute approximate surface area is 157 Å². The van der Waals surface area contributed by atoms with Gasteiger partial charge in [-0.25, -0.2) is 13.2 Å². The van der Waals surface area contributed by atoms with Gasteiger partial charge in [0.15, 0.2) is 17.5 Å². The Kier molecular flexibility index (Phi) is 6.93. The van der Waals surface area contributed by atoms with Crippen LogP contribution in [0.1, 0.15) is 6.92 Å². The fourth-order valence-electron chi connectivity index (χ4n) is 1.90. The minimum Gasteiger partial charge on any atom is -0.346 e. The molecule has 2 amide bonds. The molecular formula is C17H14ClF3N2O2S. The van der Waals surface area contributed by atoms with Gasteiger partial charge in [0.25, 0.3) is 0 Å². The lowest BCUT2D eigenvalue weighted by Gasteiger charge is -2.12. The molecule has 2 rings (SSSR count). The average molecular weight is 403 g/mol. The van der Waals surface area contributed by atoms with Crippen LogP contribution in [-0.4, -0.2) is 23.6 Å². The van der Waals surface area contributed by atoms with Crippen molar-refractivity contribution in [2.24, 2.45) is 0 Å². The van der Waals surface area contributed by atoms with Crippen molar-refractivity contribution in [3.05, 3.63) is 58.9 Å². The third kappa shape index (κ3) is 5.40. The lowest BCUT2D eigenvalue weighted by molar-refractivity contribution is -0.123. The van der Waals surface area contributed by atoms with Crippen LogP contribution in [0.3, 0.4) is 0 Å². The minimum atomic E-state index is -1.68. The van der Waals surface area contributed by atoms with E-state index in [9.17, 15) is 22.8 Å². The normalized spacial score (nSPS) is 11.7. The highest BCUT2D eigenvalue weighted by atomic mass is 35.5. The van der Waals surface area contributed by atoms with E-state index in [1.807, 2.05) is 0 Å². The second-order valence-corrected chi connectivity index (χ2v) is 7.05. The van der Waals surface area contributed by atoms with Gasteiger partial charge in [0.2, 0.25) is 11.8 Å². The zero-order chi connectivity index (χ0) is 19.3. The predicted octanol–water partition coefficient (Wildman–Crippen LogP) is 3.99. The van der Waals surface area contributed by atoms with Gasteiger partial charge >= 0.3 is 0 Å². The van der Waals surface area contributed by atoms with Crippen LogP contribution >= 0.6 is 23.4 Å². The fourth-order valence-corrected chi connectivity index (χ4v) is 2.92. The molecule has 0 fully saturated rings. The monoisotopic (exact) mass is 402 g/mol. The molecule has 0 heterocycles. The standard InChI is InChI=1S/C17H14ClF3N2O2S/c1-9(26-11-4-2-10(18)3-5-11)17(25)22-8-14(24)23-13-7-6-12(19)15(20)16(13)21/h2-7,9H,8H2,1H3,(H,22,25)(H,23,24). The van der Waals surface area contributed by atoms with Gasteiger partial charge < -0.3 is 10.6 Å². The number of carbonyl (C=O) groups excluding carboxylic acids is 2. The lowest BCUT2D eigenvalue weighted by Crippen LogP contribution is -2.37. The lowest BCUT2D eigenvalue weighted by atomic mass is 10.2. The summed E-state index contributed by atoms with van der Waals surface area (Å²) in [7, 11) is 0. The maximum atomic E-state index is 13.5. The first-order chi connectivity index (χ1) is 12.3. The van der Waals surface area contributed by atoms with E-state index in [1.165, 1.54) is 11.8 Å². The molecule has 9 heteroatoms. The Morgan fingerprint density at radius 3 is 2.38 bits per heavy atom. The van der Waals surface area contributed by atoms with Gasteiger partial charge in [-0.2, -0.15) is 0 Å². The summed E-state index contributed by atoms with van der Waals surface area (Å²) in [5.41, 5.74) is -0.508. The van der Waals surface area contributed by atoms with Crippen LogP contribution in [0.5, 0.6) is 0 Å². The third-order valence-electron chi connectivity index (χ3n) is 3.23. The molecule has 2 aromatic rings. The van der Waals surface area contributed by atoms with Gasteiger partial charge in [-0.05, 0) is 43.3 Å². The maximum Gasteiger partial charge on any atom is 0.243 e. The molecule has 1 unspecified atom stereocenters. The molecule has 0 aliphatic carbocycles. The van der Waals surface area contributed by atoms with Crippen molar-refractivity contribution in [1.29, 1.82) is 0 Å². The van der Waals surface area contributed by atoms with Gasteiger partial charge in [-0.15, -0.1) is 11.8 Å². The van der Waals surface area contributed by atoms with Crippen molar-refractivity contribution in [3.63, 3.8) is 0 Å². The average Bonchev–Trinajstić information content (AvgIpc) is 2.62. The van der Waals surface area contributed by atoms with Crippen molar-refractivity contribution in [3.8, 4) is 0 Å². The summed E-state index contributed by atoms with van der Waals surface area (Å²) >= 11 is 7.06. The van der Waals surface area contributed by atoms with E-state index in [2.05, 4.69) is 10.6 Å². The molecule has 0 spiro atoms. The van der Waals surface area contributed by atoms with Crippen LogP contribution in [0.2, 0.25) is 5.02 Å². The Hall–Kier alpha value is -2.19. The molecule has 0 aromatic heterocycles. The smallest absolute Gasteiger partial charge is 0.243 e. The minimum absolute atomic E-state index is 0.411. The highest BCUT2D eigenvalue weighted by molar-refractivity contribution is 8.00. The van der Waals surface area contributed by atoms with Crippen molar-refractivity contribution >= 4 is 40.9 Å². The van der Waals surface area contributed by atoms with Crippen LogP contribution in [0.15, 0.2) is 41.3 Å². The van der Waals surface area contributed by atoms with E-state index < -0.39 is 46.7 Å². The summed E-state index contributed by atoms with van der Waals surface area (Å²) in [6, 6.07) is 8.49. The number of hydrogen-bond acceptors (Lipinski definition) is 3. The second kappa shape index (κ2) is 8.95. The van der Waals surface area contributed by atoms with Crippen LogP contribution in [-0.2, 0) is 9.59 Å². The van der Waals surface area contributed by atoms with Crippen molar-refractivity contribution in [2.45, 2.75) is 17.1 Å². The summed E-state index contributed by atoms with van der Waals surface area (Å²) in [6.07, 6.45) is 0. The van der Waals surface area contributed by atoms with Gasteiger partial charge in [0.1, 0.15) is 0 Å². The Balaban J connectivity index is 1.85. The van der Waals surface area contributed by atoms with Gasteiger partial charge in [0, 0.05) is 9.92 Å². The zero-order valence-electron chi connectivity index (χ0n) is 13.5. The summed E-state index contributed by atoms with van der Waals surface area (Å²) in [5, 5.41) is 4.54. The topological polar surface area (TPSA) is 58.2 Å². The highest BCUT2D eigenvalue weighted by Crippen LogP contribution is 2.24. The molecule has 1 atom stereocenters. The molecule has 0 radical (unpaired) electrons. The number of anilines is 1. The van der Waals surface area contributed by atoms with Crippen LogP contribution in [0, 0.1) is 17.5 Å². The summed E-state index contributed by atoms with van der Waals surface area (Å²) < 4.78 is 39.4. The number of carbonyl (C=O) groups is 2. The van der Waals surface area contributed by atoms with Crippen LogP contribution in [0.25, 0.3) is 0 Å². The number of benzene rings is 2. The Morgan fingerprint density at radius 2 is 1.73 bits per heavy atom. The molecule has 138 valence electrons. The molecule has 0 bridgehead atoms. The van der Waals surface area contributed by atoms with E-state index in [0.717, 1.165) is 11.0 Å². The molecule has 0 aliphatic heterocycles.